The fourth-order valence-electron chi connectivity index (χ4n) is 5.44. The van der Waals surface area contributed by atoms with Gasteiger partial charge in [-0.25, -0.2) is 0 Å². The molecule has 3 atom stereocenters. The van der Waals surface area contributed by atoms with Crippen LogP contribution in [0, 0.1) is 0 Å². The third-order valence-corrected chi connectivity index (χ3v) is 7.27. The summed E-state index contributed by atoms with van der Waals surface area (Å²) in [6.45, 7) is 3.53. The summed E-state index contributed by atoms with van der Waals surface area (Å²) in [6.07, 6.45) is 0. The van der Waals surface area contributed by atoms with Gasteiger partial charge in [0.1, 0.15) is 5.75 Å². The number of piperazine rings is 1. The van der Waals surface area contributed by atoms with Gasteiger partial charge in [-0.05, 0) is 28.8 Å². The molecule has 0 radical (unpaired) electrons. The second-order valence-corrected chi connectivity index (χ2v) is 9.16. The summed E-state index contributed by atoms with van der Waals surface area (Å²) in [5.41, 5.74) is 3.20. The summed E-state index contributed by atoms with van der Waals surface area (Å²) >= 11 is 0. The number of carbonyl (C=O) groups is 2. The monoisotopic (exact) mass is 465 g/mol. The molecule has 8 heteroatoms. The molecule has 0 bridgehead atoms. The first kappa shape index (κ1) is 22.8. The fourth-order valence-corrected chi connectivity index (χ4v) is 5.44. The number of hydrogen-bond donors (Lipinski definition) is 1. The van der Waals surface area contributed by atoms with Crippen LogP contribution >= 0.6 is 0 Å². The Hall–Kier alpha value is -2.94. The van der Waals surface area contributed by atoms with E-state index < -0.39 is 0 Å². The second-order valence-electron chi connectivity index (χ2n) is 9.16. The lowest BCUT2D eigenvalue weighted by Crippen LogP contribution is -2.73. The first-order chi connectivity index (χ1) is 16.6. The van der Waals surface area contributed by atoms with E-state index in [0.29, 0.717) is 26.3 Å². The van der Waals surface area contributed by atoms with Gasteiger partial charge in [-0.1, -0.05) is 36.4 Å². The van der Waals surface area contributed by atoms with Crippen molar-refractivity contribution in [3.05, 3.63) is 54.1 Å². The summed E-state index contributed by atoms with van der Waals surface area (Å²) in [5, 5.41) is 10.0. The van der Waals surface area contributed by atoms with E-state index in [4.69, 9.17) is 9.47 Å². The third-order valence-electron chi connectivity index (χ3n) is 7.27. The van der Waals surface area contributed by atoms with Crippen molar-refractivity contribution in [2.45, 2.75) is 18.0 Å². The molecular formula is C26H31N3O5. The normalized spacial score (nSPS) is 25.0. The van der Waals surface area contributed by atoms with Crippen LogP contribution in [0.1, 0.15) is 11.5 Å². The standard InChI is InChI=1S/C26H31N3O5/c1-33-21-4-2-3-20(13-21)18-5-7-19(8-6-18)26-22-14-28(16-25(32)29(22)23(26)17-30)24(31)15-27-9-11-34-12-10-27/h2-8,13,22-23,26,30H,9-12,14-17H2,1H3/t22-,23-,26+/m0/s1. The first-order valence-corrected chi connectivity index (χ1v) is 11.8. The summed E-state index contributed by atoms with van der Waals surface area (Å²) in [4.78, 5) is 31.4. The van der Waals surface area contributed by atoms with E-state index in [1.165, 1.54) is 0 Å². The van der Waals surface area contributed by atoms with Gasteiger partial charge < -0.3 is 24.4 Å². The van der Waals surface area contributed by atoms with Crippen LogP contribution in [-0.4, -0.2) is 103 Å². The topological polar surface area (TPSA) is 82.6 Å². The molecular weight excluding hydrogens is 434 g/mol. The van der Waals surface area contributed by atoms with Crippen LogP contribution in [-0.2, 0) is 14.3 Å². The van der Waals surface area contributed by atoms with Crippen LogP contribution in [0.2, 0.25) is 0 Å². The van der Waals surface area contributed by atoms with Gasteiger partial charge in [-0.2, -0.15) is 0 Å². The van der Waals surface area contributed by atoms with Crippen molar-refractivity contribution in [1.82, 2.24) is 14.7 Å². The molecule has 5 rings (SSSR count). The number of benzene rings is 2. The number of rotatable bonds is 6. The van der Waals surface area contributed by atoms with Gasteiger partial charge >= 0.3 is 0 Å². The van der Waals surface area contributed by atoms with Gasteiger partial charge in [-0.15, -0.1) is 0 Å². The third kappa shape index (κ3) is 4.29. The average Bonchev–Trinajstić information content (AvgIpc) is 2.86. The second kappa shape index (κ2) is 9.74. The number of ether oxygens (including phenoxy) is 2. The van der Waals surface area contributed by atoms with E-state index in [9.17, 15) is 14.7 Å². The van der Waals surface area contributed by atoms with Crippen molar-refractivity contribution in [3.8, 4) is 16.9 Å². The molecule has 2 amide bonds. The maximum Gasteiger partial charge on any atom is 0.242 e. The Bertz CT molecular complexity index is 1040. The minimum Gasteiger partial charge on any atom is -0.497 e. The Kier molecular flexibility index (Phi) is 6.54. The summed E-state index contributed by atoms with van der Waals surface area (Å²) < 4.78 is 10.7. The number of methoxy groups -OCH3 is 1. The minimum absolute atomic E-state index is 0.00713. The van der Waals surface area contributed by atoms with Gasteiger partial charge in [0.05, 0.1) is 52.1 Å². The smallest absolute Gasteiger partial charge is 0.242 e. The molecule has 0 aromatic heterocycles. The lowest BCUT2D eigenvalue weighted by atomic mass is 9.73. The number of fused-ring (bicyclic) bond motifs is 1. The minimum atomic E-state index is -0.253. The van der Waals surface area contributed by atoms with Crippen LogP contribution in [0.4, 0.5) is 0 Å². The lowest BCUT2D eigenvalue weighted by molar-refractivity contribution is -0.167. The van der Waals surface area contributed by atoms with Crippen molar-refractivity contribution in [1.29, 1.82) is 0 Å². The molecule has 3 saturated heterocycles. The predicted octanol–water partition coefficient (Wildman–Crippen LogP) is 1.19. The quantitative estimate of drug-likeness (QED) is 0.690. The van der Waals surface area contributed by atoms with Crippen LogP contribution in [0.25, 0.3) is 11.1 Å². The van der Waals surface area contributed by atoms with Gasteiger partial charge in [0, 0.05) is 25.6 Å². The van der Waals surface area contributed by atoms with Gasteiger partial charge in [0.25, 0.3) is 0 Å². The molecule has 2 aromatic rings. The molecule has 0 aliphatic carbocycles. The van der Waals surface area contributed by atoms with Crippen molar-refractivity contribution in [2.24, 2.45) is 0 Å². The zero-order valence-corrected chi connectivity index (χ0v) is 19.4. The zero-order chi connectivity index (χ0) is 23.7. The highest BCUT2D eigenvalue weighted by molar-refractivity contribution is 5.88. The molecule has 0 spiro atoms. The van der Waals surface area contributed by atoms with Crippen LogP contribution < -0.4 is 4.74 Å². The lowest BCUT2D eigenvalue weighted by Gasteiger charge is -2.58. The largest absolute Gasteiger partial charge is 0.497 e. The molecule has 2 aromatic carbocycles. The first-order valence-electron chi connectivity index (χ1n) is 11.8. The number of aliphatic hydroxyl groups is 1. The van der Waals surface area contributed by atoms with Gasteiger partial charge in [0.2, 0.25) is 11.8 Å². The Morgan fingerprint density at radius 2 is 1.88 bits per heavy atom. The average molecular weight is 466 g/mol. The molecule has 3 aliphatic heterocycles. The van der Waals surface area contributed by atoms with Gasteiger partial charge in [-0.3, -0.25) is 14.5 Å². The maximum atomic E-state index is 12.9. The summed E-state index contributed by atoms with van der Waals surface area (Å²) in [6, 6.07) is 15.8. The summed E-state index contributed by atoms with van der Waals surface area (Å²) in [7, 11) is 1.65. The Balaban J connectivity index is 1.31. The van der Waals surface area contributed by atoms with Crippen LogP contribution in [0.15, 0.2) is 48.5 Å². The van der Waals surface area contributed by atoms with E-state index in [1.54, 1.807) is 16.9 Å². The number of nitrogens with zero attached hydrogens (tertiary/aromatic N) is 3. The van der Waals surface area contributed by atoms with E-state index in [0.717, 1.165) is 35.5 Å². The fraction of sp³-hybridized carbons (Fsp3) is 0.462. The van der Waals surface area contributed by atoms with Crippen molar-refractivity contribution in [3.63, 3.8) is 0 Å². The van der Waals surface area contributed by atoms with Crippen molar-refractivity contribution in [2.75, 3.05) is 59.7 Å². The van der Waals surface area contributed by atoms with E-state index in [-0.39, 0.29) is 43.0 Å². The van der Waals surface area contributed by atoms with Crippen molar-refractivity contribution < 1.29 is 24.2 Å². The molecule has 180 valence electrons. The predicted molar refractivity (Wildman–Crippen MR) is 127 cm³/mol. The molecule has 3 aliphatic rings. The van der Waals surface area contributed by atoms with E-state index in [2.05, 4.69) is 29.2 Å². The Labute approximate surface area is 199 Å². The number of amides is 2. The van der Waals surface area contributed by atoms with E-state index in [1.807, 2.05) is 24.3 Å². The number of aliphatic hydroxyl groups excluding tert-OH is 1. The molecule has 1 N–H and O–H groups in total. The van der Waals surface area contributed by atoms with Crippen LogP contribution in [0.5, 0.6) is 5.75 Å². The molecule has 0 unspecified atom stereocenters. The van der Waals surface area contributed by atoms with Crippen LogP contribution in [0.3, 0.4) is 0 Å². The summed E-state index contributed by atoms with van der Waals surface area (Å²) in [5.74, 6) is 0.691. The molecule has 3 fully saturated rings. The van der Waals surface area contributed by atoms with Crippen molar-refractivity contribution >= 4 is 11.8 Å². The molecule has 3 heterocycles. The Morgan fingerprint density at radius 3 is 2.59 bits per heavy atom. The molecule has 0 saturated carbocycles. The highest BCUT2D eigenvalue weighted by atomic mass is 16.5. The molecule has 8 nitrogen and oxygen atoms in total. The Morgan fingerprint density at radius 1 is 1.12 bits per heavy atom. The maximum absolute atomic E-state index is 12.9. The number of carbonyl (C=O) groups excluding carboxylic acids is 2. The highest BCUT2D eigenvalue weighted by Gasteiger charge is 2.54. The number of hydrogen-bond acceptors (Lipinski definition) is 6. The zero-order valence-electron chi connectivity index (χ0n) is 19.4. The molecule has 34 heavy (non-hydrogen) atoms. The number of morpholine rings is 1. The SMILES string of the molecule is COc1cccc(-c2ccc([C@H]3[C@H](CO)N4C(=O)CN(C(=O)CN5CCOCC5)C[C@@H]34)cc2)c1. The van der Waals surface area contributed by atoms with Gasteiger partial charge in [0.15, 0.2) is 0 Å². The van der Waals surface area contributed by atoms with E-state index >= 15 is 0 Å². The highest BCUT2D eigenvalue weighted by Crippen LogP contribution is 2.43.